The molecule has 2 aromatic carbocycles. The fraction of sp³-hybridized carbons (Fsp3) is 0.333. The number of hydrogen-bond donors (Lipinski definition) is 1. The SMILES string of the molecule is Cc1ccc(S(=O)(=O)N2CCC(C)(C)c3cc(-c4nn(C5NCCO5)c5cc(F)c(F)cc45)ncc32)cc1. The van der Waals surface area contributed by atoms with Crippen LogP contribution in [0.2, 0.25) is 0 Å². The van der Waals surface area contributed by atoms with Gasteiger partial charge < -0.3 is 4.74 Å². The minimum Gasteiger partial charge on any atom is -0.342 e. The van der Waals surface area contributed by atoms with E-state index in [4.69, 9.17) is 4.74 Å². The van der Waals surface area contributed by atoms with Crippen LogP contribution in [0.5, 0.6) is 0 Å². The Bertz CT molecular complexity index is 1660. The van der Waals surface area contributed by atoms with E-state index in [1.165, 1.54) is 15.2 Å². The van der Waals surface area contributed by atoms with Crippen LogP contribution >= 0.6 is 0 Å². The number of fused-ring (bicyclic) bond motifs is 2. The number of hydrogen-bond acceptors (Lipinski definition) is 6. The minimum atomic E-state index is -3.81. The summed E-state index contributed by atoms with van der Waals surface area (Å²) in [5.41, 5.74) is 3.03. The zero-order valence-corrected chi connectivity index (χ0v) is 22.0. The normalized spacial score (nSPS) is 19.2. The molecule has 1 saturated heterocycles. The van der Waals surface area contributed by atoms with E-state index < -0.39 is 28.0 Å². The van der Waals surface area contributed by atoms with Crippen molar-refractivity contribution in [1.82, 2.24) is 20.1 Å². The van der Waals surface area contributed by atoms with Gasteiger partial charge in [0.2, 0.25) is 6.35 Å². The Hall–Kier alpha value is -3.41. The van der Waals surface area contributed by atoms with Gasteiger partial charge in [-0.1, -0.05) is 31.5 Å². The topological polar surface area (TPSA) is 89.4 Å². The van der Waals surface area contributed by atoms with Crippen molar-refractivity contribution < 1.29 is 21.9 Å². The molecule has 0 spiro atoms. The van der Waals surface area contributed by atoms with Gasteiger partial charge in [-0.05, 0) is 48.6 Å². The summed E-state index contributed by atoms with van der Waals surface area (Å²) in [6.45, 7) is 7.37. The molecule has 0 amide bonds. The summed E-state index contributed by atoms with van der Waals surface area (Å²) in [6, 6.07) is 10.8. The van der Waals surface area contributed by atoms with Crippen LogP contribution in [0.1, 0.15) is 37.7 Å². The maximum atomic E-state index is 14.3. The number of nitrogens with one attached hydrogen (secondary N) is 1. The van der Waals surface area contributed by atoms with Crippen LogP contribution < -0.4 is 9.62 Å². The quantitative estimate of drug-likeness (QED) is 0.407. The molecule has 198 valence electrons. The van der Waals surface area contributed by atoms with Crippen LogP contribution in [0.4, 0.5) is 14.5 Å². The number of halogens is 2. The van der Waals surface area contributed by atoms with Crippen molar-refractivity contribution in [2.24, 2.45) is 0 Å². The van der Waals surface area contributed by atoms with Crippen LogP contribution in [-0.4, -0.2) is 42.9 Å². The van der Waals surface area contributed by atoms with E-state index in [9.17, 15) is 17.2 Å². The molecule has 11 heteroatoms. The first-order valence-electron chi connectivity index (χ1n) is 12.4. The molecule has 8 nitrogen and oxygen atoms in total. The second-order valence-electron chi connectivity index (χ2n) is 10.4. The Labute approximate surface area is 219 Å². The van der Waals surface area contributed by atoms with E-state index in [1.54, 1.807) is 24.3 Å². The van der Waals surface area contributed by atoms with Crippen LogP contribution in [0.3, 0.4) is 0 Å². The lowest BCUT2D eigenvalue weighted by Gasteiger charge is -2.39. The van der Waals surface area contributed by atoms with Crippen LogP contribution in [-0.2, 0) is 20.2 Å². The van der Waals surface area contributed by atoms with Crippen molar-refractivity contribution >= 4 is 26.6 Å². The number of aromatic nitrogens is 3. The fourth-order valence-corrected chi connectivity index (χ4v) is 6.58. The number of nitrogens with zero attached hydrogens (tertiary/aromatic N) is 4. The first kappa shape index (κ1) is 24.9. The highest BCUT2D eigenvalue weighted by Crippen LogP contribution is 2.43. The standard InChI is InChI=1S/C27H27F2N5O3S/c1-16-4-6-17(7-5-16)38(35,36)33-10-8-27(2,3)19-13-22(31-15-24(19)33)25-18-12-20(28)21(29)14-23(18)34(32-25)26-30-9-11-37-26/h4-7,12-15,26,30H,8-11H2,1-3H3. The van der Waals surface area contributed by atoms with E-state index >= 15 is 0 Å². The first-order valence-corrected chi connectivity index (χ1v) is 13.8. The molecular weight excluding hydrogens is 512 g/mol. The molecule has 1 fully saturated rings. The van der Waals surface area contributed by atoms with Crippen molar-refractivity contribution in [3.05, 3.63) is 71.4 Å². The molecule has 4 heterocycles. The molecule has 0 aliphatic carbocycles. The van der Waals surface area contributed by atoms with E-state index in [0.717, 1.165) is 23.3 Å². The van der Waals surface area contributed by atoms with Crippen molar-refractivity contribution in [3.63, 3.8) is 0 Å². The lowest BCUT2D eigenvalue weighted by atomic mass is 9.78. The molecular formula is C27H27F2N5O3S. The molecule has 1 N–H and O–H groups in total. The molecule has 0 saturated carbocycles. The summed E-state index contributed by atoms with van der Waals surface area (Å²) in [7, 11) is -3.81. The zero-order valence-electron chi connectivity index (χ0n) is 21.2. The third kappa shape index (κ3) is 3.96. The van der Waals surface area contributed by atoms with Gasteiger partial charge in [0.25, 0.3) is 10.0 Å². The maximum Gasteiger partial charge on any atom is 0.264 e. The molecule has 38 heavy (non-hydrogen) atoms. The second-order valence-corrected chi connectivity index (χ2v) is 12.2. The third-order valence-corrected chi connectivity index (χ3v) is 9.17. The summed E-state index contributed by atoms with van der Waals surface area (Å²) in [6.07, 6.45) is 1.50. The highest BCUT2D eigenvalue weighted by atomic mass is 32.2. The van der Waals surface area contributed by atoms with Crippen LogP contribution in [0, 0.1) is 18.6 Å². The van der Waals surface area contributed by atoms with Crippen molar-refractivity contribution in [3.8, 4) is 11.4 Å². The van der Waals surface area contributed by atoms with Crippen LogP contribution in [0.15, 0.2) is 53.6 Å². The second kappa shape index (κ2) is 8.82. The van der Waals surface area contributed by atoms with Gasteiger partial charge in [0, 0.05) is 24.5 Å². The van der Waals surface area contributed by atoms with E-state index in [1.807, 2.05) is 26.8 Å². The number of anilines is 1. The largest absolute Gasteiger partial charge is 0.342 e. The summed E-state index contributed by atoms with van der Waals surface area (Å²) in [5, 5.41) is 8.16. The van der Waals surface area contributed by atoms with Gasteiger partial charge in [-0.2, -0.15) is 5.10 Å². The van der Waals surface area contributed by atoms with Gasteiger partial charge in [-0.3, -0.25) is 14.6 Å². The average molecular weight is 540 g/mol. The third-order valence-electron chi connectivity index (χ3n) is 7.34. The molecule has 2 aliphatic heterocycles. The Morgan fingerprint density at radius 1 is 1.11 bits per heavy atom. The molecule has 4 aromatic rings. The fourth-order valence-electron chi connectivity index (χ4n) is 5.11. The predicted molar refractivity (Wildman–Crippen MR) is 139 cm³/mol. The number of ether oxygens (including phenoxy) is 1. The van der Waals surface area contributed by atoms with Crippen LogP contribution in [0.25, 0.3) is 22.3 Å². The molecule has 1 atom stereocenters. The van der Waals surface area contributed by atoms with Gasteiger partial charge in [-0.15, -0.1) is 0 Å². The molecule has 0 radical (unpaired) electrons. The van der Waals surface area contributed by atoms with E-state index in [0.29, 0.717) is 54.1 Å². The van der Waals surface area contributed by atoms with Gasteiger partial charge in [0.05, 0.1) is 34.6 Å². The average Bonchev–Trinajstić information content (AvgIpc) is 3.53. The first-order chi connectivity index (χ1) is 18.1. The highest BCUT2D eigenvalue weighted by molar-refractivity contribution is 7.92. The number of benzene rings is 2. The van der Waals surface area contributed by atoms with Gasteiger partial charge in [-0.25, -0.2) is 21.9 Å². The smallest absolute Gasteiger partial charge is 0.264 e. The highest BCUT2D eigenvalue weighted by Gasteiger charge is 2.38. The summed E-state index contributed by atoms with van der Waals surface area (Å²) in [4.78, 5) is 4.79. The van der Waals surface area contributed by atoms with Crippen molar-refractivity contribution in [1.29, 1.82) is 0 Å². The van der Waals surface area contributed by atoms with Gasteiger partial charge >= 0.3 is 0 Å². The monoisotopic (exact) mass is 539 g/mol. The van der Waals surface area contributed by atoms with E-state index in [2.05, 4.69) is 15.4 Å². The summed E-state index contributed by atoms with van der Waals surface area (Å²) < 4.78 is 64.3. The number of sulfonamides is 1. The van der Waals surface area contributed by atoms with E-state index in [-0.39, 0.29) is 10.3 Å². The van der Waals surface area contributed by atoms with Crippen molar-refractivity contribution in [2.75, 3.05) is 24.0 Å². The number of pyridine rings is 1. The Morgan fingerprint density at radius 3 is 2.55 bits per heavy atom. The number of aryl methyl sites for hydroxylation is 1. The Kier molecular flexibility index (Phi) is 5.78. The lowest BCUT2D eigenvalue weighted by molar-refractivity contribution is 0.0381. The van der Waals surface area contributed by atoms with Gasteiger partial charge in [0.1, 0.15) is 5.69 Å². The Balaban J connectivity index is 1.50. The predicted octanol–water partition coefficient (Wildman–Crippen LogP) is 4.64. The summed E-state index contributed by atoms with van der Waals surface area (Å²) in [5.74, 6) is -1.98. The molecule has 0 bridgehead atoms. The van der Waals surface area contributed by atoms with Gasteiger partial charge in [0.15, 0.2) is 11.6 Å². The Morgan fingerprint density at radius 2 is 1.84 bits per heavy atom. The molecule has 2 aliphatic rings. The zero-order chi connectivity index (χ0) is 26.8. The molecule has 6 rings (SSSR count). The molecule has 2 aromatic heterocycles. The minimum absolute atomic E-state index is 0.212. The lowest BCUT2D eigenvalue weighted by Crippen LogP contribution is -2.41. The number of rotatable bonds is 4. The molecule has 1 unspecified atom stereocenters. The maximum absolute atomic E-state index is 14.3. The summed E-state index contributed by atoms with van der Waals surface area (Å²) >= 11 is 0. The van der Waals surface area contributed by atoms with Crippen molar-refractivity contribution in [2.45, 2.75) is 43.9 Å².